The molecule has 1 amide bonds. The van der Waals surface area contributed by atoms with Crippen LogP contribution in [0.25, 0.3) is 0 Å². The van der Waals surface area contributed by atoms with Crippen LogP contribution < -0.4 is 5.32 Å². The first-order chi connectivity index (χ1) is 11.0. The van der Waals surface area contributed by atoms with E-state index >= 15 is 0 Å². The average molecular weight is 318 g/mol. The summed E-state index contributed by atoms with van der Waals surface area (Å²) in [5.41, 5.74) is 2.13. The Labute approximate surface area is 140 Å². The van der Waals surface area contributed by atoms with Crippen molar-refractivity contribution in [2.75, 3.05) is 25.0 Å². The Kier molecular flexibility index (Phi) is 7.06. The number of amides is 1. The summed E-state index contributed by atoms with van der Waals surface area (Å²) in [4.78, 5) is 14.6. The topological polar surface area (TPSA) is 41.6 Å². The molecule has 1 aromatic carbocycles. The number of likely N-dealkylation sites (tertiary alicyclic amines) is 1. The molecule has 0 aliphatic carbocycles. The molecule has 23 heavy (non-hydrogen) atoms. The van der Waals surface area contributed by atoms with Gasteiger partial charge in [0.15, 0.2) is 0 Å². The van der Waals surface area contributed by atoms with E-state index < -0.39 is 6.10 Å². The summed E-state index contributed by atoms with van der Waals surface area (Å²) in [6.07, 6.45) is 3.17. The summed E-state index contributed by atoms with van der Waals surface area (Å²) in [6.45, 7) is 10.1. The maximum Gasteiger partial charge on any atom is 0.253 e. The van der Waals surface area contributed by atoms with E-state index in [0.29, 0.717) is 12.5 Å². The number of hydrogen-bond acceptors (Lipinski definition) is 3. The van der Waals surface area contributed by atoms with Crippen LogP contribution in [0.5, 0.6) is 0 Å². The summed E-state index contributed by atoms with van der Waals surface area (Å²) >= 11 is 0. The van der Waals surface area contributed by atoms with Crippen LogP contribution in [0.2, 0.25) is 0 Å². The maximum atomic E-state index is 12.1. The molecule has 1 N–H and O–H groups in total. The van der Waals surface area contributed by atoms with Gasteiger partial charge in [-0.2, -0.15) is 0 Å². The minimum atomic E-state index is -0.418. The highest BCUT2D eigenvalue weighted by atomic mass is 16.5. The number of rotatable bonds is 8. The molecule has 0 saturated carbocycles. The Morgan fingerprint density at radius 1 is 1.17 bits per heavy atom. The van der Waals surface area contributed by atoms with Gasteiger partial charge in [-0.3, -0.25) is 9.69 Å². The number of ether oxygens (including phenoxy) is 1. The summed E-state index contributed by atoms with van der Waals surface area (Å²) in [5, 5.41) is 2.92. The van der Waals surface area contributed by atoms with Crippen LogP contribution in [-0.2, 0) is 16.1 Å². The zero-order chi connectivity index (χ0) is 16.7. The Morgan fingerprint density at radius 2 is 1.83 bits per heavy atom. The standard InChI is InChI=1S/C19H30N2O2/c1-15(2)10-13-23-16(3)19(22)20-18-8-6-17(7-9-18)14-21-11-4-5-12-21/h6-9,15-16H,4-5,10-14H2,1-3H3,(H,20,22). The lowest BCUT2D eigenvalue weighted by Gasteiger charge is -2.16. The maximum absolute atomic E-state index is 12.1. The Hall–Kier alpha value is -1.39. The molecule has 1 fully saturated rings. The Morgan fingerprint density at radius 3 is 2.43 bits per heavy atom. The molecule has 1 aliphatic heterocycles. The van der Waals surface area contributed by atoms with E-state index in [1.807, 2.05) is 12.1 Å². The van der Waals surface area contributed by atoms with E-state index in [1.165, 1.54) is 31.5 Å². The van der Waals surface area contributed by atoms with Gasteiger partial charge in [-0.25, -0.2) is 0 Å². The molecule has 1 unspecified atom stereocenters. The smallest absolute Gasteiger partial charge is 0.253 e. The molecule has 1 aromatic rings. The molecule has 1 atom stereocenters. The largest absolute Gasteiger partial charge is 0.369 e. The van der Waals surface area contributed by atoms with E-state index in [2.05, 4.69) is 36.2 Å². The molecule has 128 valence electrons. The summed E-state index contributed by atoms with van der Waals surface area (Å²) < 4.78 is 5.58. The van der Waals surface area contributed by atoms with Gasteiger partial charge in [-0.1, -0.05) is 26.0 Å². The summed E-state index contributed by atoms with van der Waals surface area (Å²) in [7, 11) is 0. The normalized spacial score (nSPS) is 16.7. The Bertz CT molecular complexity index is 479. The predicted molar refractivity (Wildman–Crippen MR) is 94.5 cm³/mol. The minimum Gasteiger partial charge on any atom is -0.369 e. The molecule has 4 nitrogen and oxygen atoms in total. The van der Waals surface area contributed by atoms with Crippen LogP contribution in [-0.4, -0.2) is 36.6 Å². The van der Waals surface area contributed by atoms with Crippen LogP contribution in [0, 0.1) is 5.92 Å². The van der Waals surface area contributed by atoms with E-state index in [4.69, 9.17) is 4.74 Å². The first-order valence-electron chi connectivity index (χ1n) is 8.78. The Balaban J connectivity index is 1.76. The van der Waals surface area contributed by atoms with Crippen molar-refractivity contribution in [1.82, 2.24) is 4.90 Å². The number of carbonyl (C=O) groups is 1. The van der Waals surface area contributed by atoms with Gasteiger partial charge in [0.2, 0.25) is 0 Å². The SMILES string of the molecule is CC(C)CCOC(C)C(=O)Nc1ccc(CN2CCCC2)cc1. The van der Waals surface area contributed by atoms with Gasteiger partial charge in [0.25, 0.3) is 5.91 Å². The van der Waals surface area contributed by atoms with Crippen LogP contribution in [0.4, 0.5) is 5.69 Å². The fourth-order valence-corrected chi connectivity index (χ4v) is 2.69. The van der Waals surface area contributed by atoms with Crippen molar-refractivity contribution in [2.45, 2.75) is 52.7 Å². The number of carbonyl (C=O) groups excluding carboxylic acids is 1. The first kappa shape index (κ1) is 18.0. The molecular formula is C19H30N2O2. The fraction of sp³-hybridized carbons (Fsp3) is 0.632. The number of hydrogen-bond donors (Lipinski definition) is 1. The van der Waals surface area contributed by atoms with Crippen molar-refractivity contribution in [3.63, 3.8) is 0 Å². The van der Waals surface area contributed by atoms with Crippen molar-refractivity contribution in [2.24, 2.45) is 5.92 Å². The van der Waals surface area contributed by atoms with Crippen LogP contribution in [0.1, 0.15) is 45.6 Å². The molecule has 0 spiro atoms. The van der Waals surface area contributed by atoms with Crippen molar-refractivity contribution in [1.29, 1.82) is 0 Å². The number of benzene rings is 1. The van der Waals surface area contributed by atoms with E-state index in [-0.39, 0.29) is 5.91 Å². The van der Waals surface area contributed by atoms with Gasteiger partial charge in [0.05, 0.1) is 0 Å². The van der Waals surface area contributed by atoms with Crippen molar-refractivity contribution < 1.29 is 9.53 Å². The van der Waals surface area contributed by atoms with Gasteiger partial charge < -0.3 is 10.1 Å². The van der Waals surface area contributed by atoms with Gasteiger partial charge in [0, 0.05) is 18.8 Å². The van der Waals surface area contributed by atoms with E-state index in [0.717, 1.165) is 18.7 Å². The lowest BCUT2D eigenvalue weighted by atomic mass is 10.1. The molecule has 1 heterocycles. The quantitative estimate of drug-likeness (QED) is 0.795. The third kappa shape index (κ3) is 6.32. The second-order valence-electron chi connectivity index (χ2n) is 6.86. The van der Waals surface area contributed by atoms with E-state index in [9.17, 15) is 4.79 Å². The van der Waals surface area contributed by atoms with Crippen molar-refractivity contribution >= 4 is 11.6 Å². The van der Waals surface area contributed by atoms with Crippen LogP contribution >= 0.6 is 0 Å². The third-order valence-electron chi connectivity index (χ3n) is 4.26. The van der Waals surface area contributed by atoms with Gasteiger partial charge in [-0.05, 0) is 62.9 Å². The predicted octanol–water partition coefficient (Wildman–Crippen LogP) is 3.67. The average Bonchev–Trinajstić information content (AvgIpc) is 3.01. The number of nitrogens with one attached hydrogen (secondary N) is 1. The molecular weight excluding hydrogens is 288 g/mol. The second-order valence-corrected chi connectivity index (χ2v) is 6.86. The molecule has 2 rings (SSSR count). The van der Waals surface area contributed by atoms with Gasteiger partial charge in [0.1, 0.15) is 6.10 Å². The van der Waals surface area contributed by atoms with E-state index in [1.54, 1.807) is 6.92 Å². The molecule has 0 radical (unpaired) electrons. The van der Waals surface area contributed by atoms with Crippen molar-refractivity contribution in [3.8, 4) is 0 Å². The van der Waals surface area contributed by atoms with Crippen LogP contribution in [0.15, 0.2) is 24.3 Å². The minimum absolute atomic E-state index is 0.0824. The highest BCUT2D eigenvalue weighted by Gasteiger charge is 2.14. The summed E-state index contributed by atoms with van der Waals surface area (Å²) in [6, 6.07) is 8.14. The lowest BCUT2D eigenvalue weighted by Crippen LogP contribution is -2.28. The highest BCUT2D eigenvalue weighted by Crippen LogP contribution is 2.15. The molecule has 0 bridgehead atoms. The summed E-state index contributed by atoms with van der Waals surface area (Å²) in [5.74, 6) is 0.509. The molecule has 1 saturated heterocycles. The van der Waals surface area contributed by atoms with Crippen LogP contribution in [0.3, 0.4) is 0 Å². The lowest BCUT2D eigenvalue weighted by molar-refractivity contribution is -0.126. The number of nitrogens with zero attached hydrogens (tertiary/aromatic N) is 1. The van der Waals surface area contributed by atoms with Gasteiger partial charge >= 0.3 is 0 Å². The molecule has 4 heteroatoms. The first-order valence-corrected chi connectivity index (χ1v) is 8.78. The molecule has 1 aliphatic rings. The zero-order valence-corrected chi connectivity index (χ0v) is 14.7. The number of anilines is 1. The van der Waals surface area contributed by atoms with Crippen molar-refractivity contribution in [3.05, 3.63) is 29.8 Å². The third-order valence-corrected chi connectivity index (χ3v) is 4.26. The fourth-order valence-electron chi connectivity index (χ4n) is 2.69. The molecule has 0 aromatic heterocycles. The zero-order valence-electron chi connectivity index (χ0n) is 14.7. The second kappa shape index (κ2) is 9.04. The van der Waals surface area contributed by atoms with Gasteiger partial charge in [-0.15, -0.1) is 0 Å². The monoisotopic (exact) mass is 318 g/mol. The highest BCUT2D eigenvalue weighted by molar-refractivity contribution is 5.93.